The van der Waals surface area contributed by atoms with Crippen molar-refractivity contribution in [3.05, 3.63) is 48.1 Å². The molecule has 0 nitrogen and oxygen atoms in total. The Morgan fingerprint density at radius 3 is 3.00 bits per heavy atom. The summed E-state index contributed by atoms with van der Waals surface area (Å²) < 4.78 is 0. The lowest BCUT2D eigenvalue weighted by Gasteiger charge is -2.04. The minimum atomic E-state index is 1.04. The largest absolute Gasteiger partial charge is 0.0985 e. The zero-order chi connectivity index (χ0) is 8.27. The predicted octanol–water partition coefficient (Wildman–Crippen LogP) is 3.40. The maximum atomic E-state index is 4.01. The Bertz CT molecular complexity index is 239. The molecule has 0 aliphatic heterocycles. The minimum Gasteiger partial charge on any atom is -0.0985 e. The topological polar surface area (TPSA) is 0 Å². The molecule has 0 N–H and O–H groups in total. The molecule has 1 aliphatic carbocycles. The average molecular weight is 146 g/mol. The molecule has 0 radical (unpaired) electrons. The summed E-state index contributed by atoms with van der Waals surface area (Å²) in [5.74, 6) is 0. The quantitative estimate of drug-likeness (QED) is 0.572. The number of rotatable bonds is 3. The van der Waals surface area contributed by atoms with E-state index in [1.165, 1.54) is 16.7 Å². The lowest BCUT2D eigenvalue weighted by atomic mass is 10.0. The van der Waals surface area contributed by atoms with Crippen molar-refractivity contribution >= 4 is 0 Å². The van der Waals surface area contributed by atoms with Crippen molar-refractivity contribution in [2.45, 2.75) is 19.8 Å². The van der Waals surface area contributed by atoms with Crippen LogP contribution < -0.4 is 0 Å². The van der Waals surface area contributed by atoms with Crippen molar-refractivity contribution in [2.24, 2.45) is 0 Å². The highest BCUT2D eigenvalue weighted by atomic mass is 14.1. The highest BCUT2D eigenvalue weighted by Gasteiger charge is 2.07. The molecule has 0 spiro atoms. The number of hydrogen-bond acceptors (Lipinski definition) is 0. The predicted molar refractivity (Wildman–Crippen MR) is 50.4 cm³/mol. The molecule has 0 bridgehead atoms. The van der Waals surface area contributed by atoms with Gasteiger partial charge in [0.05, 0.1) is 0 Å². The smallest absolute Gasteiger partial charge is 0.00857 e. The van der Waals surface area contributed by atoms with Crippen molar-refractivity contribution in [3.8, 4) is 0 Å². The molecule has 0 aromatic heterocycles. The van der Waals surface area contributed by atoms with E-state index in [-0.39, 0.29) is 0 Å². The molecule has 0 heteroatoms. The van der Waals surface area contributed by atoms with Crippen LogP contribution >= 0.6 is 0 Å². The zero-order valence-electron chi connectivity index (χ0n) is 7.06. The van der Waals surface area contributed by atoms with E-state index in [0.29, 0.717) is 0 Å². The van der Waals surface area contributed by atoms with E-state index < -0.39 is 0 Å². The van der Waals surface area contributed by atoms with Crippen LogP contribution in [0.5, 0.6) is 0 Å². The van der Waals surface area contributed by atoms with E-state index in [0.717, 1.165) is 12.8 Å². The molecule has 0 fully saturated rings. The third kappa shape index (κ3) is 1.51. The fourth-order valence-corrected chi connectivity index (χ4v) is 1.28. The lowest BCUT2D eigenvalue weighted by molar-refractivity contribution is 1.08. The van der Waals surface area contributed by atoms with Gasteiger partial charge in [-0.15, -0.1) is 0 Å². The Morgan fingerprint density at radius 2 is 2.45 bits per heavy atom. The summed E-state index contributed by atoms with van der Waals surface area (Å²) in [7, 11) is 0. The van der Waals surface area contributed by atoms with E-state index in [1.807, 2.05) is 6.08 Å². The summed E-state index contributed by atoms with van der Waals surface area (Å²) in [6.45, 7) is 9.90. The summed E-state index contributed by atoms with van der Waals surface area (Å²) in [6, 6.07) is 0. The first-order valence-electron chi connectivity index (χ1n) is 3.99. The molecule has 0 saturated carbocycles. The normalized spacial score (nSPS) is 15.7. The fourth-order valence-electron chi connectivity index (χ4n) is 1.28. The van der Waals surface area contributed by atoms with Crippen LogP contribution in [0.1, 0.15) is 19.8 Å². The van der Waals surface area contributed by atoms with E-state index in [9.17, 15) is 0 Å². The second-order valence-electron chi connectivity index (χ2n) is 2.70. The van der Waals surface area contributed by atoms with Crippen molar-refractivity contribution in [1.29, 1.82) is 0 Å². The third-order valence-electron chi connectivity index (χ3n) is 2.04. The molecule has 1 rings (SSSR count). The summed E-state index contributed by atoms with van der Waals surface area (Å²) in [6.07, 6.45) is 8.25. The summed E-state index contributed by atoms with van der Waals surface area (Å²) in [5.41, 5.74) is 3.85. The van der Waals surface area contributed by atoms with Crippen molar-refractivity contribution in [2.75, 3.05) is 0 Å². The van der Waals surface area contributed by atoms with E-state index in [1.54, 1.807) is 0 Å². The van der Waals surface area contributed by atoms with Crippen LogP contribution in [0.25, 0.3) is 0 Å². The van der Waals surface area contributed by atoms with E-state index in [4.69, 9.17) is 0 Å². The molecule has 0 amide bonds. The van der Waals surface area contributed by atoms with Crippen LogP contribution in [0.4, 0.5) is 0 Å². The molecule has 0 atom stereocenters. The summed E-state index contributed by atoms with van der Waals surface area (Å²) >= 11 is 0. The van der Waals surface area contributed by atoms with Gasteiger partial charge in [0.2, 0.25) is 0 Å². The first-order valence-corrected chi connectivity index (χ1v) is 3.99. The van der Waals surface area contributed by atoms with Crippen LogP contribution in [-0.2, 0) is 0 Å². The monoisotopic (exact) mass is 146 g/mol. The molecule has 0 unspecified atom stereocenters. The fraction of sp³-hybridized carbons (Fsp3) is 0.273. The van der Waals surface area contributed by atoms with Gasteiger partial charge in [0.15, 0.2) is 0 Å². The van der Waals surface area contributed by atoms with Gasteiger partial charge >= 0.3 is 0 Å². The van der Waals surface area contributed by atoms with E-state index >= 15 is 0 Å². The van der Waals surface area contributed by atoms with Gasteiger partial charge in [-0.05, 0) is 24.0 Å². The SMILES string of the molecule is C=CC1=C(C(=C)CC)CC=C1. The van der Waals surface area contributed by atoms with Crippen LogP contribution in [0.3, 0.4) is 0 Å². The van der Waals surface area contributed by atoms with Crippen LogP contribution in [0.15, 0.2) is 48.1 Å². The van der Waals surface area contributed by atoms with Gasteiger partial charge in [-0.2, -0.15) is 0 Å². The second kappa shape index (κ2) is 3.38. The van der Waals surface area contributed by atoms with Crippen LogP contribution in [0, 0.1) is 0 Å². The molecule has 0 heterocycles. The van der Waals surface area contributed by atoms with Gasteiger partial charge < -0.3 is 0 Å². The first-order chi connectivity index (χ1) is 5.29. The molecule has 58 valence electrons. The summed E-state index contributed by atoms with van der Waals surface area (Å²) in [5, 5.41) is 0. The number of hydrogen-bond donors (Lipinski definition) is 0. The van der Waals surface area contributed by atoms with E-state index in [2.05, 4.69) is 32.2 Å². The van der Waals surface area contributed by atoms with Crippen molar-refractivity contribution < 1.29 is 0 Å². The van der Waals surface area contributed by atoms with Gasteiger partial charge in [-0.3, -0.25) is 0 Å². The van der Waals surface area contributed by atoms with Crippen molar-refractivity contribution in [3.63, 3.8) is 0 Å². The summed E-state index contributed by atoms with van der Waals surface area (Å²) in [4.78, 5) is 0. The highest BCUT2D eigenvalue weighted by molar-refractivity contribution is 5.49. The minimum absolute atomic E-state index is 1.04. The molecular weight excluding hydrogens is 132 g/mol. The maximum Gasteiger partial charge on any atom is -0.00857 e. The second-order valence-corrected chi connectivity index (χ2v) is 2.70. The molecule has 1 aliphatic rings. The Hall–Kier alpha value is -1.04. The Kier molecular flexibility index (Phi) is 2.48. The standard InChI is InChI=1S/C11H14/c1-4-9(3)11-8-6-7-10(11)5-2/h5-7H,2-4,8H2,1H3. The maximum absolute atomic E-state index is 4.01. The number of allylic oxidation sites excluding steroid dienone is 6. The highest BCUT2D eigenvalue weighted by Crippen LogP contribution is 2.26. The Balaban J connectivity index is 2.87. The molecular formula is C11H14. The molecule has 0 aromatic carbocycles. The van der Waals surface area contributed by atoms with Gasteiger partial charge in [0.25, 0.3) is 0 Å². The van der Waals surface area contributed by atoms with Crippen LogP contribution in [0.2, 0.25) is 0 Å². The average Bonchev–Trinajstić information content (AvgIpc) is 2.50. The first kappa shape index (κ1) is 8.06. The third-order valence-corrected chi connectivity index (χ3v) is 2.04. The molecule has 11 heavy (non-hydrogen) atoms. The Labute approximate surface area is 68.6 Å². The van der Waals surface area contributed by atoms with Gasteiger partial charge in [-0.25, -0.2) is 0 Å². The van der Waals surface area contributed by atoms with Crippen LogP contribution in [-0.4, -0.2) is 0 Å². The van der Waals surface area contributed by atoms with Gasteiger partial charge in [-0.1, -0.05) is 43.9 Å². The van der Waals surface area contributed by atoms with Gasteiger partial charge in [0, 0.05) is 0 Å². The molecule has 0 aromatic rings. The van der Waals surface area contributed by atoms with Crippen molar-refractivity contribution in [1.82, 2.24) is 0 Å². The molecule has 0 saturated heterocycles. The van der Waals surface area contributed by atoms with Gasteiger partial charge in [0.1, 0.15) is 0 Å². The Morgan fingerprint density at radius 1 is 1.73 bits per heavy atom. The zero-order valence-corrected chi connectivity index (χ0v) is 7.06. The lowest BCUT2D eigenvalue weighted by Crippen LogP contribution is -1.85.